The van der Waals surface area contributed by atoms with Gasteiger partial charge in [-0.2, -0.15) is 0 Å². The molecule has 0 bridgehead atoms. The van der Waals surface area contributed by atoms with Crippen molar-refractivity contribution in [3.63, 3.8) is 0 Å². The van der Waals surface area contributed by atoms with E-state index in [9.17, 15) is 35.1 Å². The molecule has 0 saturated heterocycles. The Balaban J connectivity index is 4.35. The average Bonchev–Trinajstić information content (AvgIpc) is 2.69. The second kappa shape index (κ2) is 15.9. The summed E-state index contributed by atoms with van der Waals surface area (Å²) in [5, 5.41) is 33.0. The molecule has 1 unspecified atom stereocenters. The van der Waals surface area contributed by atoms with Crippen LogP contribution in [0.2, 0.25) is 0 Å². The summed E-state index contributed by atoms with van der Waals surface area (Å²) in [5.74, 6) is 0. The minimum atomic E-state index is -3.50. The zero-order chi connectivity index (χ0) is 22.8. The Morgan fingerprint density at radius 3 is 1.77 bits per heavy atom. The van der Waals surface area contributed by atoms with Crippen molar-refractivity contribution in [3.8, 4) is 0 Å². The van der Waals surface area contributed by atoms with Gasteiger partial charge in [0.05, 0.1) is 0 Å². The molecule has 0 N–H and O–H groups in total. The summed E-state index contributed by atoms with van der Waals surface area (Å²) in [6.45, 7) is 2.19. The van der Waals surface area contributed by atoms with Gasteiger partial charge in [0.1, 0.15) is 9.85 Å². The lowest BCUT2D eigenvalue weighted by atomic mass is 10.00. The third-order valence-corrected chi connectivity index (χ3v) is 4.63. The zero-order valence-corrected chi connectivity index (χ0v) is 17.4. The maximum atomic E-state index is 11.1. The molecule has 0 aromatic rings. The highest BCUT2D eigenvalue weighted by atomic mass is 16.7. The van der Waals surface area contributed by atoms with Gasteiger partial charge in [0.25, 0.3) is 6.29 Å². The smallest absolute Gasteiger partial charge is 0.287 e. The standard InChI is InChI=1S/C20H31N3O7/c1-2-3-4-5-6-7-8-9-10-11-12-13-14-15-16-17-19(21(25)26)20(18-24,22(27)28)23(29)30/h9-10,12-13,15-16,18-19H,2-8,11,14,17H2,1H3/b10-9+,13-12+,16-15+. The van der Waals surface area contributed by atoms with Crippen molar-refractivity contribution >= 4 is 6.29 Å². The first-order valence-electron chi connectivity index (χ1n) is 10.2. The van der Waals surface area contributed by atoms with Crippen molar-refractivity contribution in [2.45, 2.75) is 82.8 Å². The van der Waals surface area contributed by atoms with Crippen molar-refractivity contribution in [2.75, 3.05) is 0 Å². The predicted octanol–water partition coefficient (Wildman–Crippen LogP) is 4.67. The van der Waals surface area contributed by atoms with Gasteiger partial charge in [0, 0.05) is 11.3 Å². The lowest BCUT2D eigenvalue weighted by Crippen LogP contribution is -2.59. The molecule has 0 fully saturated rings. The van der Waals surface area contributed by atoms with Crippen LogP contribution in [-0.4, -0.2) is 32.8 Å². The summed E-state index contributed by atoms with van der Waals surface area (Å²) < 4.78 is 0. The Labute approximate surface area is 176 Å². The van der Waals surface area contributed by atoms with E-state index in [1.807, 2.05) is 12.2 Å². The van der Waals surface area contributed by atoms with E-state index in [0.717, 1.165) is 12.8 Å². The van der Waals surface area contributed by atoms with E-state index in [-0.39, 0.29) is 0 Å². The largest absolute Gasteiger partial charge is 0.578 e. The summed E-state index contributed by atoms with van der Waals surface area (Å²) in [6, 6.07) is -2.29. The van der Waals surface area contributed by atoms with Gasteiger partial charge < -0.3 is 0 Å². The van der Waals surface area contributed by atoms with Crippen LogP contribution in [0.15, 0.2) is 36.5 Å². The number of hydrogen-bond acceptors (Lipinski definition) is 7. The number of aldehydes is 1. The molecule has 10 nitrogen and oxygen atoms in total. The SMILES string of the molecule is CCCCCCCC/C=C/C/C=C/C/C=C/CC([N+](=O)[O-])C(C=O)([N+](=O)[O-])[N+](=O)[O-]. The minimum Gasteiger partial charge on any atom is -0.287 e. The van der Waals surface area contributed by atoms with Crippen LogP contribution >= 0.6 is 0 Å². The minimum absolute atomic E-state index is 0.417. The second-order valence-electron chi connectivity index (χ2n) is 6.89. The van der Waals surface area contributed by atoms with Gasteiger partial charge in [0.2, 0.25) is 0 Å². The van der Waals surface area contributed by atoms with Crippen LogP contribution in [0.1, 0.15) is 71.1 Å². The lowest BCUT2D eigenvalue weighted by molar-refractivity contribution is -0.812. The highest BCUT2D eigenvalue weighted by Crippen LogP contribution is 2.20. The normalized spacial score (nSPS) is 13.2. The molecule has 0 amide bonds. The fourth-order valence-electron chi connectivity index (χ4n) is 2.82. The summed E-state index contributed by atoms with van der Waals surface area (Å²) in [4.78, 5) is 39.8. The third kappa shape index (κ3) is 9.53. The van der Waals surface area contributed by atoms with Crippen LogP contribution in [0.3, 0.4) is 0 Å². The van der Waals surface area contributed by atoms with E-state index in [2.05, 4.69) is 19.1 Å². The third-order valence-electron chi connectivity index (χ3n) is 4.63. The quantitative estimate of drug-likeness (QED) is 0.0774. The van der Waals surface area contributed by atoms with E-state index in [0.29, 0.717) is 6.42 Å². The molecule has 0 saturated carbocycles. The summed E-state index contributed by atoms with van der Waals surface area (Å²) in [6.07, 6.45) is 19.3. The molecule has 168 valence electrons. The van der Waals surface area contributed by atoms with Crippen LogP contribution in [0, 0.1) is 30.3 Å². The van der Waals surface area contributed by atoms with Crippen molar-refractivity contribution in [3.05, 3.63) is 66.8 Å². The number of allylic oxidation sites excluding steroid dienone is 5. The lowest BCUT2D eigenvalue weighted by Gasteiger charge is -2.14. The first-order chi connectivity index (χ1) is 14.3. The molecule has 0 aromatic heterocycles. The van der Waals surface area contributed by atoms with Gasteiger partial charge >= 0.3 is 11.7 Å². The Morgan fingerprint density at radius 2 is 1.27 bits per heavy atom. The Hall–Kier alpha value is -2.91. The predicted molar refractivity (Wildman–Crippen MR) is 113 cm³/mol. The number of unbranched alkanes of at least 4 members (excludes halogenated alkanes) is 6. The van der Waals surface area contributed by atoms with Crippen LogP contribution < -0.4 is 0 Å². The topological polar surface area (TPSA) is 146 Å². The number of nitrogens with zero attached hydrogens (tertiary/aromatic N) is 3. The van der Waals surface area contributed by atoms with Gasteiger partial charge in [-0.1, -0.05) is 75.5 Å². The van der Waals surface area contributed by atoms with E-state index >= 15 is 0 Å². The molecule has 0 heterocycles. The Bertz CT molecular complexity index is 630. The van der Waals surface area contributed by atoms with Gasteiger partial charge in [0.15, 0.2) is 0 Å². The summed E-state index contributed by atoms with van der Waals surface area (Å²) in [5.41, 5.74) is -3.50. The summed E-state index contributed by atoms with van der Waals surface area (Å²) >= 11 is 0. The number of hydrogen-bond donors (Lipinski definition) is 0. The molecule has 0 aliphatic rings. The van der Waals surface area contributed by atoms with E-state index in [1.165, 1.54) is 50.7 Å². The molecule has 0 aliphatic carbocycles. The van der Waals surface area contributed by atoms with Gasteiger partial charge in [-0.25, -0.2) is 0 Å². The molecule has 0 aliphatic heterocycles. The number of nitro groups is 3. The Kier molecular flexibility index (Phi) is 14.4. The van der Waals surface area contributed by atoms with Crippen molar-refractivity contribution in [1.29, 1.82) is 0 Å². The molecule has 0 aromatic carbocycles. The maximum absolute atomic E-state index is 11.1. The molecule has 0 spiro atoms. The fraction of sp³-hybridized carbons (Fsp3) is 0.650. The second-order valence-corrected chi connectivity index (χ2v) is 6.89. The molecule has 0 rings (SSSR count). The van der Waals surface area contributed by atoms with Crippen LogP contribution in [0.5, 0.6) is 0 Å². The molecule has 0 radical (unpaired) electrons. The number of rotatable bonds is 18. The van der Waals surface area contributed by atoms with Gasteiger partial charge in [-0.3, -0.25) is 35.1 Å². The zero-order valence-electron chi connectivity index (χ0n) is 17.4. The fourth-order valence-corrected chi connectivity index (χ4v) is 2.82. The molecule has 30 heavy (non-hydrogen) atoms. The van der Waals surface area contributed by atoms with E-state index in [1.54, 1.807) is 0 Å². The van der Waals surface area contributed by atoms with Crippen LogP contribution in [0.25, 0.3) is 0 Å². The number of carbonyl (C=O) groups is 1. The maximum Gasteiger partial charge on any atom is 0.578 e. The van der Waals surface area contributed by atoms with Crippen molar-refractivity contribution in [2.24, 2.45) is 0 Å². The number of carbonyl (C=O) groups excluding carboxylic acids is 1. The van der Waals surface area contributed by atoms with E-state index in [4.69, 9.17) is 0 Å². The van der Waals surface area contributed by atoms with Gasteiger partial charge in [-0.15, -0.1) is 0 Å². The van der Waals surface area contributed by atoms with Gasteiger partial charge in [-0.05, 0) is 25.7 Å². The highest BCUT2D eigenvalue weighted by molar-refractivity contribution is 5.60. The van der Waals surface area contributed by atoms with Crippen LogP contribution in [-0.2, 0) is 4.79 Å². The average molecular weight is 425 g/mol. The monoisotopic (exact) mass is 425 g/mol. The first kappa shape index (κ1) is 27.1. The molecular formula is C20H31N3O7. The summed E-state index contributed by atoms with van der Waals surface area (Å²) in [7, 11) is 0. The Morgan fingerprint density at radius 1 is 0.767 bits per heavy atom. The molecule has 1 atom stereocenters. The van der Waals surface area contributed by atoms with Crippen LogP contribution in [0.4, 0.5) is 0 Å². The molecule has 10 heteroatoms. The highest BCUT2D eigenvalue weighted by Gasteiger charge is 2.70. The molecular weight excluding hydrogens is 394 g/mol. The van der Waals surface area contributed by atoms with Crippen molar-refractivity contribution in [1.82, 2.24) is 0 Å². The first-order valence-corrected chi connectivity index (χ1v) is 10.2. The van der Waals surface area contributed by atoms with E-state index < -0.39 is 39.2 Å². The van der Waals surface area contributed by atoms with Crippen molar-refractivity contribution < 1.29 is 19.6 Å².